The zero-order valence-corrected chi connectivity index (χ0v) is 34.6. The van der Waals surface area contributed by atoms with Gasteiger partial charge in [-0.3, -0.25) is 0 Å². The van der Waals surface area contributed by atoms with Crippen LogP contribution in [-0.2, 0) is 25.7 Å². The van der Waals surface area contributed by atoms with Crippen LogP contribution in [0.4, 0.5) is 34.1 Å². The topological polar surface area (TPSA) is 6.48 Å². The standard InChI is InChI=1S/C54H56N2/c1-37-9-25-49(26-10-37)55(53-41(5)33-39(3)34-42(53)6)51-29-21-47(22-30-51)19-17-45-13-15-46(16-14-45)18-20-48-23-31-52(32-24-48)56(50-27-11-38(2)12-28-50)54-43(7)35-40(4)36-44(54)8/h9-16,21-36H,17-20H2,1-8H3. The van der Waals surface area contributed by atoms with Crippen LogP contribution in [0.15, 0.2) is 146 Å². The highest BCUT2D eigenvalue weighted by Crippen LogP contribution is 2.41. The van der Waals surface area contributed by atoms with E-state index in [4.69, 9.17) is 0 Å². The minimum Gasteiger partial charge on any atom is -0.310 e. The van der Waals surface area contributed by atoms with E-state index in [0.717, 1.165) is 25.7 Å². The molecule has 0 aliphatic rings. The molecule has 2 heteroatoms. The van der Waals surface area contributed by atoms with Gasteiger partial charge in [-0.25, -0.2) is 0 Å². The number of hydrogen-bond donors (Lipinski definition) is 0. The Morgan fingerprint density at radius 3 is 0.732 bits per heavy atom. The van der Waals surface area contributed by atoms with E-state index >= 15 is 0 Å². The van der Waals surface area contributed by atoms with Crippen LogP contribution in [0.2, 0.25) is 0 Å². The van der Waals surface area contributed by atoms with Gasteiger partial charge in [0.15, 0.2) is 0 Å². The molecular weight excluding hydrogens is 677 g/mol. The van der Waals surface area contributed by atoms with E-state index in [-0.39, 0.29) is 0 Å². The zero-order chi connectivity index (χ0) is 39.3. The Bertz CT molecular complexity index is 2180. The second kappa shape index (κ2) is 16.9. The molecule has 0 atom stereocenters. The quantitative estimate of drug-likeness (QED) is 0.123. The molecule has 0 aliphatic heterocycles. The van der Waals surface area contributed by atoms with Crippen LogP contribution in [0, 0.1) is 55.4 Å². The maximum atomic E-state index is 2.41. The predicted octanol–water partition coefficient (Wildman–Crippen LogP) is 14.7. The molecule has 2 nitrogen and oxygen atoms in total. The number of hydrogen-bond acceptors (Lipinski definition) is 2. The van der Waals surface area contributed by atoms with E-state index in [1.807, 2.05) is 0 Å². The van der Waals surface area contributed by atoms with E-state index in [9.17, 15) is 0 Å². The van der Waals surface area contributed by atoms with Crippen molar-refractivity contribution in [3.05, 3.63) is 212 Å². The lowest BCUT2D eigenvalue weighted by Gasteiger charge is -2.29. The smallest absolute Gasteiger partial charge is 0.0520 e. The minimum atomic E-state index is 1.01. The third kappa shape index (κ3) is 8.82. The van der Waals surface area contributed by atoms with Crippen LogP contribution in [0.25, 0.3) is 0 Å². The molecule has 0 amide bonds. The maximum Gasteiger partial charge on any atom is 0.0520 e. The van der Waals surface area contributed by atoms with Crippen molar-refractivity contribution in [2.24, 2.45) is 0 Å². The molecule has 0 heterocycles. The van der Waals surface area contributed by atoms with Gasteiger partial charge in [0.2, 0.25) is 0 Å². The van der Waals surface area contributed by atoms with Crippen molar-refractivity contribution in [3.8, 4) is 0 Å². The molecule has 0 unspecified atom stereocenters. The molecule has 0 radical (unpaired) electrons. The molecule has 0 fully saturated rings. The molecule has 7 aromatic carbocycles. The van der Waals surface area contributed by atoms with Crippen molar-refractivity contribution < 1.29 is 0 Å². The number of nitrogens with zero attached hydrogens (tertiary/aromatic N) is 2. The highest BCUT2D eigenvalue weighted by molar-refractivity contribution is 5.82. The van der Waals surface area contributed by atoms with Crippen molar-refractivity contribution in [3.63, 3.8) is 0 Å². The summed E-state index contributed by atoms with van der Waals surface area (Å²) in [4.78, 5) is 4.82. The van der Waals surface area contributed by atoms with E-state index < -0.39 is 0 Å². The number of benzene rings is 7. The first-order valence-electron chi connectivity index (χ1n) is 20.2. The molecule has 0 bridgehead atoms. The van der Waals surface area contributed by atoms with Gasteiger partial charge >= 0.3 is 0 Å². The summed E-state index contributed by atoms with van der Waals surface area (Å²) in [5, 5.41) is 0. The summed E-state index contributed by atoms with van der Waals surface area (Å²) in [6, 6.07) is 54.5. The SMILES string of the molecule is Cc1ccc(N(c2ccc(CCc3ccc(CCc4ccc(N(c5ccc(C)cc5)c5c(C)cc(C)cc5C)cc4)cc3)cc2)c2c(C)cc(C)cc2C)cc1. The Morgan fingerprint density at radius 2 is 0.482 bits per heavy atom. The lowest BCUT2D eigenvalue weighted by molar-refractivity contribution is 0.939. The first-order chi connectivity index (χ1) is 27.0. The summed E-state index contributed by atoms with van der Waals surface area (Å²) in [6.07, 6.45) is 4.08. The van der Waals surface area contributed by atoms with Gasteiger partial charge in [-0.1, -0.05) is 119 Å². The predicted molar refractivity (Wildman–Crippen MR) is 241 cm³/mol. The van der Waals surface area contributed by atoms with Gasteiger partial charge in [0.1, 0.15) is 0 Å². The molecule has 0 aliphatic carbocycles. The van der Waals surface area contributed by atoms with Crippen molar-refractivity contribution in [1.82, 2.24) is 0 Å². The van der Waals surface area contributed by atoms with Crippen molar-refractivity contribution >= 4 is 34.1 Å². The minimum absolute atomic E-state index is 1.01. The van der Waals surface area contributed by atoms with Crippen LogP contribution in [0.3, 0.4) is 0 Å². The molecule has 7 aromatic rings. The van der Waals surface area contributed by atoms with Crippen LogP contribution in [-0.4, -0.2) is 0 Å². The van der Waals surface area contributed by atoms with Crippen molar-refractivity contribution in [1.29, 1.82) is 0 Å². The lowest BCUT2D eigenvalue weighted by atomic mass is 9.99. The highest BCUT2D eigenvalue weighted by Gasteiger charge is 2.19. The van der Waals surface area contributed by atoms with Gasteiger partial charge < -0.3 is 9.80 Å². The third-order valence-corrected chi connectivity index (χ3v) is 11.1. The molecular formula is C54H56N2. The van der Waals surface area contributed by atoms with Crippen LogP contribution < -0.4 is 9.80 Å². The fraction of sp³-hybridized carbons (Fsp3) is 0.222. The average molecular weight is 733 g/mol. The van der Waals surface area contributed by atoms with Gasteiger partial charge in [0.25, 0.3) is 0 Å². The van der Waals surface area contributed by atoms with Crippen LogP contribution >= 0.6 is 0 Å². The molecule has 0 aromatic heterocycles. The third-order valence-electron chi connectivity index (χ3n) is 11.1. The molecule has 282 valence electrons. The molecule has 56 heavy (non-hydrogen) atoms. The van der Waals surface area contributed by atoms with E-state index in [2.05, 4.69) is 211 Å². The fourth-order valence-electron chi connectivity index (χ4n) is 8.33. The van der Waals surface area contributed by atoms with Gasteiger partial charge in [-0.2, -0.15) is 0 Å². The molecule has 0 saturated carbocycles. The first kappa shape index (κ1) is 38.4. The average Bonchev–Trinajstić information content (AvgIpc) is 3.18. The van der Waals surface area contributed by atoms with Crippen LogP contribution in [0.1, 0.15) is 66.8 Å². The highest BCUT2D eigenvalue weighted by atomic mass is 15.2. The molecule has 0 saturated heterocycles. The summed E-state index contributed by atoms with van der Waals surface area (Å²) in [6.45, 7) is 17.5. The Morgan fingerprint density at radius 1 is 0.268 bits per heavy atom. The Hall–Kier alpha value is -5.86. The number of aryl methyl sites for hydroxylation is 12. The van der Waals surface area contributed by atoms with Gasteiger partial charge in [-0.15, -0.1) is 0 Å². The lowest BCUT2D eigenvalue weighted by Crippen LogP contribution is -2.13. The molecule has 0 N–H and O–H groups in total. The van der Waals surface area contributed by atoms with Crippen molar-refractivity contribution in [2.45, 2.75) is 81.1 Å². The maximum absolute atomic E-state index is 2.41. The summed E-state index contributed by atoms with van der Waals surface area (Å²) in [7, 11) is 0. The van der Waals surface area contributed by atoms with Gasteiger partial charge in [0, 0.05) is 22.7 Å². The number of rotatable bonds is 12. The summed E-state index contributed by atoms with van der Waals surface area (Å²) in [5.41, 5.74) is 23.0. The fourth-order valence-corrected chi connectivity index (χ4v) is 8.33. The summed E-state index contributed by atoms with van der Waals surface area (Å²) >= 11 is 0. The van der Waals surface area contributed by atoms with Crippen molar-refractivity contribution in [2.75, 3.05) is 9.80 Å². The Kier molecular flexibility index (Phi) is 11.6. The second-order valence-corrected chi connectivity index (χ2v) is 16.0. The van der Waals surface area contributed by atoms with E-state index in [1.54, 1.807) is 0 Å². The first-order valence-corrected chi connectivity index (χ1v) is 20.2. The van der Waals surface area contributed by atoms with Crippen LogP contribution in [0.5, 0.6) is 0 Å². The second-order valence-electron chi connectivity index (χ2n) is 16.0. The van der Waals surface area contributed by atoms with E-state index in [1.165, 1.54) is 101 Å². The van der Waals surface area contributed by atoms with Gasteiger partial charge in [-0.05, 0) is 174 Å². The van der Waals surface area contributed by atoms with Gasteiger partial charge in [0.05, 0.1) is 11.4 Å². The summed E-state index contributed by atoms with van der Waals surface area (Å²) < 4.78 is 0. The Labute approximate surface area is 336 Å². The molecule has 7 rings (SSSR count). The monoisotopic (exact) mass is 732 g/mol. The van der Waals surface area contributed by atoms with E-state index in [0.29, 0.717) is 0 Å². The largest absolute Gasteiger partial charge is 0.310 e. The Balaban J connectivity index is 0.992. The number of anilines is 6. The normalized spacial score (nSPS) is 11.1. The summed E-state index contributed by atoms with van der Waals surface area (Å²) in [5.74, 6) is 0. The zero-order valence-electron chi connectivity index (χ0n) is 34.6. The molecule has 0 spiro atoms.